The summed E-state index contributed by atoms with van der Waals surface area (Å²) in [6.07, 6.45) is 0. The quantitative estimate of drug-likeness (QED) is 0.115. The van der Waals surface area contributed by atoms with E-state index in [9.17, 15) is 0 Å². The Balaban J connectivity index is 1.52. The van der Waals surface area contributed by atoms with Crippen LogP contribution >= 0.6 is 29.3 Å². The van der Waals surface area contributed by atoms with Crippen LogP contribution in [0, 0.1) is 41.5 Å². The number of hydrogen-bond acceptors (Lipinski definition) is 3. The molecule has 0 spiro atoms. The topological polar surface area (TPSA) is 51.2 Å². The second kappa shape index (κ2) is 19.0. The molecule has 332 valence electrons. The average molecular weight is 947 g/mol. The van der Waals surface area contributed by atoms with Gasteiger partial charge < -0.3 is 13.7 Å². The molecule has 0 aliphatic rings. The van der Waals surface area contributed by atoms with Crippen molar-refractivity contribution in [3.8, 4) is 0 Å². The van der Waals surface area contributed by atoms with Gasteiger partial charge in [0.05, 0.1) is 0 Å². The highest BCUT2D eigenvalue weighted by atomic mass is 31.2. The minimum absolute atomic E-state index is 0.718. The molecule has 9 rings (SSSR count). The zero-order valence-corrected chi connectivity index (χ0v) is 42.4. The molecule has 0 saturated carbocycles. The minimum atomic E-state index is -3.66. The van der Waals surface area contributed by atoms with Gasteiger partial charge in [0, 0.05) is 47.7 Å². The van der Waals surface area contributed by atoms with E-state index in [1.165, 1.54) is 0 Å². The van der Waals surface area contributed by atoms with Crippen molar-refractivity contribution in [1.82, 2.24) is 0 Å². The fraction of sp³-hybridized carbons (Fsp3) is 0.100. The maximum atomic E-state index is 17.1. The van der Waals surface area contributed by atoms with Gasteiger partial charge in [-0.05, 0) is 135 Å². The Morgan fingerprint density at radius 1 is 0.254 bits per heavy atom. The van der Waals surface area contributed by atoms with Crippen LogP contribution in [0.1, 0.15) is 33.4 Å². The summed E-state index contributed by atoms with van der Waals surface area (Å²) in [4.78, 5) is 0. The molecule has 7 heteroatoms. The molecule has 0 atom stereocenters. The first-order valence-corrected chi connectivity index (χ1v) is 29.1. The molecule has 0 bridgehead atoms. The lowest BCUT2D eigenvalue weighted by molar-refractivity contribution is 0.592. The molecule has 0 fully saturated rings. The molecule has 0 saturated heterocycles. The maximum Gasteiger partial charge on any atom is 0.171 e. The van der Waals surface area contributed by atoms with Crippen LogP contribution in [-0.4, -0.2) is 0 Å². The van der Waals surface area contributed by atoms with Crippen LogP contribution in [-0.2, 0) is 13.7 Å². The fourth-order valence-corrected chi connectivity index (χ4v) is 22.3. The van der Waals surface area contributed by atoms with Crippen molar-refractivity contribution >= 4 is 93.0 Å². The van der Waals surface area contributed by atoms with E-state index in [0.29, 0.717) is 0 Å². The number of rotatable bonds is 12. The molecule has 0 aromatic heterocycles. The zero-order valence-electron chi connectivity index (χ0n) is 38.8. The highest BCUT2D eigenvalue weighted by Gasteiger charge is 2.42. The first kappa shape index (κ1) is 46.2. The SMILES string of the molecule is Cc1cc(P(c2cc(C)c(C)cc2P(=O)(c2ccccc2)c2ccccc2)c2cc(C)c(C)cc2P(=O)(c2ccccc2)c2ccccc2)c(P(=O)(c2ccccc2)c2ccccc2)cc1C. The van der Waals surface area contributed by atoms with Crippen LogP contribution < -0.4 is 63.7 Å². The molecular formula is C60H54O3P4. The second-order valence-electron chi connectivity index (χ2n) is 17.5. The van der Waals surface area contributed by atoms with Gasteiger partial charge in [0.15, 0.2) is 21.4 Å². The van der Waals surface area contributed by atoms with Crippen molar-refractivity contribution in [2.24, 2.45) is 0 Å². The van der Waals surface area contributed by atoms with Crippen LogP contribution in [0.15, 0.2) is 218 Å². The van der Waals surface area contributed by atoms with E-state index in [2.05, 4.69) is 77.9 Å². The third-order valence-corrected chi connectivity index (χ3v) is 25.6. The lowest BCUT2D eigenvalue weighted by Crippen LogP contribution is -2.45. The standard InChI is InChI=1S/C60H54O3P4/c1-43-37-55(58(40-46(43)4)65(61,49-25-13-7-14-26-49)50-27-15-8-16-28-50)64(56-38-44(2)47(5)41-59(56)66(62,51-29-17-9-18-30-51)52-31-19-10-20-32-52)57-39-45(3)48(6)42-60(57)67(63,53-33-21-11-22-34-53)54-35-23-12-24-36-54/h7-42H,1-6H3. The van der Waals surface area contributed by atoms with Crippen molar-refractivity contribution in [2.45, 2.75) is 41.5 Å². The molecule has 0 aliphatic carbocycles. The first-order valence-electron chi connectivity index (χ1n) is 22.7. The highest BCUT2D eigenvalue weighted by molar-refractivity contribution is 7.93. The molecule has 0 N–H and O–H groups in total. The van der Waals surface area contributed by atoms with Gasteiger partial charge in [0.1, 0.15) is 0 Å². The predicted octanol–water partition coefficient (Wildman–Crippen LogP) is 10.2. The highest BCUT2D eigenvalue weighted by Crippen LogP contribution is 2.51. The molecule has 0 unspecified atom stereocenters. The zero-order chi connectivity index (χ0) is 46.9. The lowest BCUT2D eigenvalue weighted by Gasteiger charge is -2.34. The summed E-state index contributed by atoms with van der Waals surface area (Å²) < 4.78 is 51.2. The van der Waals surface area contributed by atoms with E-state index < -0.39 is 29.3 Å². The normalized spacial score (nSPS) is 12.0. The predicted molar refractivity (Wildman–Crippen MR) is 292 cm³/mol. The fourth-order valence-electron chi connectivity index (χ4n) is 9.15. The van der Waals surface area contributed by atoms with E-state index in [4.69, 9.17) is 0 Å². The number of aryl methyl sites for hydroxylation is 6. The van der Waals surface area contributed by atoms with E-state index in [1.807, 2.05) is 182 Å². The van der Waals surface area contributed by atoms with Crippen molar-refractivity contribution in [2.75, 3.05) is 0 Å². The van der Waals surface area contributed by atoms with Gasteiger partial charge in [-0.3, -0.25) is 0 Å². The summed E-state index contributed by atoms with van der Waals surface area (Å²) in [6.45, 7) is 12.6. The van der Waals surface area contributed by atoms with E-state index in [0.717, 1.165) is 97.0 Å². The van der Waals surface area contributed by atoms with Gasteiger partial charge in [-0.1, -0.05) is 182 Å². The van der Waals surface area contributed by atoms with E-state index in [1.54, 1.807) is 0 Å². The summed E-state index contributed by atoms with van der Waals surface area (Å²) >= 11 is 0. The van der Waals surface area contributed by atoms with Crippen molar-refractivity contribution in [1.29, 1.82) is 0 Å². The van der Waals surface area contributed by atoms with Gasteiger partial charge >= 0.3 is 0 Å². The Labute approximate surface area is 397 Å². The summed E-state index contributed by atoms with van der Waals surface area (Å²) in [5, 5.41) is 9.12. The molecule has 67 heavy (non-hydrogen) atoms. The molecular weight excluding hydrogens is 893 g/mol. The van der Waals surface area contributed by atoms with Gasteiger partial charge in [0.2, 0.25) is 0 Å². The Morgan fingerprint density at radius 2 is 0.418 bits per heavy atom. The number of benzene rings is 9. The Hall–Kier alpha value is -5.90. The summed E-state index contributed by atoms with van der Waals surface area (Å²) in [6, 6.07) is 72.2. The third kappa shape index (κ3) is 8.33. The van der Waals surface area contributed by atoms with Crippen LogP contribution in [0.3, 0.4) is 0 Å². The summed E-state index contributed by atoms with van der Waals surface area (Å²) in [5.41, 5.74) is 6.16. The summed E-state index contributed by atoms with van der Waals surface area (Å²) in [5.74, 6) is 0. The molecule has 0 radical (unpaired) electrons. The van der Waals surface area contributed by atoms with Crippen molar-refractivity contribution in [3.05, 3.63) is 252 Å². The third-order valence-electron chi connectivity index (χ3n) is 13.2. The Morgan fingerprint density at radius 3 is 0.597 bits per heavy atom. The lowest BCUT2D eigenvalue weighted by atomic mass is 10.1. The first-order chi connectivity index (χ1) is 32.4. The number of hydrogen-bond donors (Lipinski definition) is 0. The van der Waals surface area contributed by atoms with Crippen LogP contribution in [0.25, 0.3) is 0 Å². The van der Waals surface area contributed by atoms with E-state index in [-0.39, 0.29) is 0 Å². The molecule has 3 nitrogen and oxygen atoms in total. The van der Waals surface area contributed by atoms with Gasteiger partial charge in [-0.2, -0.15) is 0 Å². The molecule has 9 aromatic carbocycles. The van der Waals surface area contributed by atoms with Gasteiger partial charge in [-0.15, -0.1) is 0 Å². The Kier molecular flexibility index (Phi) is 13.1. The van der Waals surface area contributed by atoms with Gasteiger partial charge in [-0.25, -0.2) is 0 Å². The second-order valence-corrected chi connectivity index (χ2v) is 27.8. The van der Waals surface area contributed by atoms with Crippen LogP contribution in [0.4, 0.5) is 0 Å². The van der Waals surface area contributed by atoms with Crippen LogP contribution in [0.2, 0.25) is 0 Å². The molecule has 9 aromatic rings. The van der Waals surface area contributed by atoms with Crippen LogP contribution in [0.5, 0.6) is 0 Å². The summed E-state index contributed by atoms with van der Waals surface area (Å²) in [7, 11) is -12.8. The van der Waals surface area contributed by atoms with E-state index >= 15 is 13.7 Å². The van der Waals surface area contributed by atoms with Gasteiger partial charge in [0.25, 0.3) is 0 Å². The maximum absolute atomic E-state index is 17.1. The average Bonchev–Trinajstić information content (AvgIpc) is 3.37. The largest absolute Gasteiger partial charge is 0.309 e. The smallest absolute Gasteiger partial charge is 0.171 e. The van der Waals surface area contributed by atoms with Crippen molar-refractivity contribution in [3.63, 3.8) is 0 Å². The monoisotopic (exact) mass is 946 g/mol. The molecule has 0 aliphatic heterocycles. The van der Waals surface area contributed by atoms with Crippen molar-refractivity contribution < 1.29 is 13.7 Å². The Bertz CT molecular complexity index is 2880. The molecule has 0 heterocycles. The molecule has 0 amide bonds. The minimum Gasteiger partial charge on any atom is -0.309 e.